The van der Waals surface area contributed by atoms with Gasteiger partial charge >= 0.3 is 0 Å². The third-order valence-corrected chi connectivity index (χ3v) is 6.20. The first-order valence-corrected chi connectivity index (χ1v) is 11.7. The highest BCUT2D eigenvalue weighted by Crippen LogP contribution is 2.37. The molecule has 1 N–H and O–H groups in total. The van der Waals surface area contributed by atoms with E-state index in [1.165, 1.54) is 18.2 Å². The number of rotatable bonds is 4. The van der Waals surface area contributed by atoms with Crippen LogP contribution in [-0.2, 0) is 14.9 Å². The molecule has 2 heterocycles. The fraction of sp³-hybridized carbons (Fsp3) is 0.381. The van der Waals surface area contributed by atoms with Crippen LogP contribution >= 0.6 is 0 Å². The second kappa shape index (κ2) is 8.31. The number of sulfonamides is 1. The van der Waals surface area contributed by atoms with Gasteiger partial charge in [0.25, 0.3) is 0 Å². The molecule has 9 heteroatoms. The smallest absolute Gasteiger partial charge is 0.208 e. The predicted molar refractivity (Wildman–Crippen MR) is 110 cm³/mol. The molecule has 2 aliphatic heterocycles. The van der Waals surface area contributed by atoms with E-state index in [1.54, 1.807) is 24.3 Å². The van der Waals surface area contributed by atoms with Crippen molar-refractivity contribution in [1.29, 1.82) is 0 Å². The lowest BCUT2D eigenvalue weighted by atomic mass is 9.94. The van der Waals surface area contributed by atoms with Crippen LogP contribution in [0.3, 0.4) is 0 Å². The number of oxime groups is 1. The van der Waals surface area contributed by atoms with Crippen molar-refractivity contribution >= 4 is 15.9 Å². The highest BCUT2D eigenvalue weighted by atomic mass is 32.2. The summed E-state index contributed by atoms with van der Waals surface area (Å²) in [5.41, 5.74) is 1.05. The van der Waals surface area contributed by atoms with Crippen molar-refractivity contribution in [2.45, 2.75) is 31.4 Å². The molecule has 6 nitrogen and oxygen atoms in total. The van der Waals surface area contributed by atoms with Crippen molar-refractivity contribution in [2.75, 3.05) is 19.3 Å². The maximum absolute atomic E-state index is 14.4. The van der Waals surface area contributed by atoms with Crippen LogP contribution in [0.5, 0.6) is 0 Å². The van der Waals surface area contributed by atoms with E-state index in [4.69, 9.17) is 4.84 Å². The normalized spacial score (nSPS) is 20.2. The van der Waals surface area contributed by atoms with Crippen LogP contribution in [0.4, 0.5) is 8.78 Å². The van der Waals surface area contributed by atoms with Crippen LogP contribution in [-0.4, -0.2) is 44.5 Å². The van der Waals surface area contributed by atoms with Gasteiger partial charge in [-0.15, -0.1) is 0 Å². The molecule has 160 valence electrons. The molecule has 0 aliphatic carbocycles. The van der Waals surface area contributed by atoms with E-state index in [1.807, 2.05) is 0 Å². The number of amidine groups is 1. The fourth-order valence-electron chi connectivity index (χ4n) is 4.04. The molecular formula is C21H23F2N3O3S. The Morgan fingerprint density at radius 3 is 2.40 bits per heavy atom. The Morgan fingerprint density at radius 1 is 1.07 bits per heavy atom. The van der Waals surface area contributed by atoms with Gasteiger partial charge in [-0.05, 0) is 30.5 Å². The lowest BCUT2D eigenvalue weighted by molar-refractivity contribution is 0.0858. The van der Waals surface area contributed by atoms with Crippen molar-refractivity contribution in [2.24, 2.45) is 5.16 Å². The molecule has 1 fully saturated rings. The molecule has 1 atom stereocenters. The van der Waals surface area contributed by atoms with Gasteiger partial charge in [0, 0.05) is 24.7 Å². The van der Waals surface area contributed by atoms with Crippen LogP contribution in [0.1, 0.15) is 30.9 Å². The van der Waals surface area contributed by atoms with Gasteiger partial charge in [0.1, 0.15) is 17.5 Å². The summed E-state index contributed by atoms with van der Waals surface area (Å²) in [5, 5.41) is 4.21. The Balaban J connectivity index is 1.47. The molecule has 2 aromatic carbocycles. The molecule has 2 aliphatic rings. The quantitative estimate of drug-likeness (QED) is 0.799. The van der Waals surface area contributed by atoms with Crippen molar-refractivity contribution in [3.63, 3.8) is 0 Å². The number of halogens is 2. The van der Waals surface area contributed by atoms with E-state index in [0.717, 1.165) is 12.1 Å². The van der Waals surface area contributed by atoms with Gasteiger partial charge in [0.15, 0.2) is 6.10 Å². The number of hydrogen-bond donors (Lipinski definition) is 1. The summed E-state index contributed by atoms with van der Waals surface area (Å²) < 4.78 is 54.2. The van der Waals surface area contributed by atoms with Crippen LogP contribution in [0.2, 0.25) is 0 Å². The van der Waals surface area contributed by atoms with Gasteiger partial charge in [-0.2, -0.15) is 0 Å². The van der Waals surface area contributed by atoms with Crippen LogP contribution in [0.15, 0.2) is 47.6 Å². The van der Waals surface area contributed by atoms with E-state index in [9.17, 15) is 17.2 Å². The predicted octanol–water partition coefficient (Wildman–Crippen LogP) is 3.42. The molecule has 0 spiro atoms. The summed E-state index contributed by atoms with van der Waals surface area (Å²) in [6.45, 7) is 1.32. The monoisotopic (exact) mass is 435 g/mol. The van der Waals surface area contributed by atoms with Gasteiger partial charge < -0.3 is 9.74 Å². The van der Waals surface area contributed by atoms with E-state index < -0.39 is 27.8 Å². The topological polar surface area (TPSA) is 71.0 Å². The fourth-order valence-corrected chi connectivity index (χ4v) is 4.88. The first-order valence-electron chi connectivity index (χ1n) is 9.80. The lowest BCUT2D eigenvalue weighted by Crippen LogP contribution is -2.46. The van der Waals surface area contributed by atoms with Crippen LogP contribution in [0.25, 0.3) is 11.1 Å². The number of nitrogens with one attached hydrogen (secondary N) is 1. The van der Waals surface area contributed by atoms with E-state index in [-0.39, 0.29) is 11.6 Å². The summed E-state index contributed by atoms with van der Waals surface area (Å²) in [4.78, 5) is 7.72. The molecule has 0 bridgehead atoms. The zero-order valence-corrected chi connectivity index (χ0v) is 17.3. The number of benzene rings is 2. The minimum absolute atomic E-state index is 0.0715. The number of piperidine rings is 1. The number of hydrogen-bond acceptors (Lipinski definition) is 5. The third kappa shape index (κ3) is 4.46. The summed E-state index contributed by atoms with van der Waals surface area (Å²) in [6.07, 6.45) is 2.55. The Hall–Kier alpha value is -2.52. The highest BCUT2D eigenvalue weighted by molar-refractivity contribution is 7.88. The largest absolute Gasteiger partial charge is 0.386 e. The second-order valence-electron chi connectivity index (χ2n) is 7.64. The Kier molecular flexibility index (Phi) is 5.75. The number of nitrogens with zero attached hydrogens (tertiary/aromatic N) is 2. The summed E-state index contributed by atoms with van der Waals surface area (Å²) in [6, 6.07) is 10.8. The van der Waals surface area contributed by atoms with Gasteiger partial charge in [-0.3, -0.25) is 0 Å². The molecule has 0 aromatic heterocycles. The van der Waals surface area contributed by atoms with Crippen molar-refractivity contribution in [1.82, 2.24) is 9.62 Å². The zero-order chi connectivity index (χ0) is 21.3. The molecule has 2 aromatic rings. The van der Waals surface area contributed by atoms with Crippen molar-refractivity contribution < 1.29 is 22.0 Å². The third-order valence-electron chi connectivity index (χ3n) is 5.43. The molecule has 0 amide bonds. The highest BCUT2D eigenvalue weighted by Gasteiger charge is 2.31. The molecule has 0 radical (unpaired) electrons. The molecule has 4 rings (SSSR count). The summed E-state index contributed by atoms with van der Waals surface area (Å²) in [7, 11) is -3.23. The second-order valence-corrected chi connectivity index (χ2v) is 9.42. The standard InChI is InChI=1S/C21H23F2N3O3S/c1-30(27,28)25-14-9-11-26(12-10-14)20-13-19(29-24-20)15-5-2-3-6-16(15)21-17(22)7-4-8-18(21)23/h2-8,14,19,25H,9-13H2,1H3. The Morgan fingerprint density at radius 2 is 1.73 bits per heavy atom. The van der Waals surface area contributed by atoms with Gasteiger partial charge in [0.05, 0.1) is 18.2 Å². The van der Waals surface area contributed by atoms with E-state index in [2.05, 4.69) is 14.8 Å². The van der Waals surface area contributed by atoms with Gasteiger partial charge in [-0.1, -0.05) is 35.5 Å². The number of likely N-dealkylation sites (tertiary alicyclic amines) is 1. The Bertz CT molecular complexity index is 1050. The van der Waals surface area contributed by atoms with Crippen LogP contribution in [0, 0.1) is 11.6 Å². The molecule has 0 saturated carbocycles. The molecule has 1 saturated heterocycles. The average molecular weight is 435 g/mol. The van der Waals surface area contributed by atoms with Crippen molar-refractivity contribution in [3.8, 4) is 11.1 Å². The summed E-state index contributed by atoms with van der Waals surface area (Å²) >= 11 is 0. The van der Waals surface area contributed by atoms with Crippen molar-refractivity contribution in [3.05, 3.63) is 59.7 Å². The van der Waals surface area contributed by atoms with Gasteiger partial charge in [0.2, 0.25) is 10.0 Å². The molecule has 1 unspecified atom stereocenters. The maximum atomic E-state index is 14.4. The molecule has 30 heavy (non-hydrogen) atoms. The first kappa shape index (κ1) is 20.7. The minimum Gasteiger partial charge on any atom is -0.386 e. The van der Waals surface area contributed by atoms with E-state index >= 15 is 0 Å². The minimum atomic E-state index is -3.23. The SMILES string of the molecule is CS(=O)(=O)NC1CCN(C2=NOC(c3ccccc3-c3c(F)cccc3F)C2)CC1. The lowest BCUT2D eigenvalue weighted by Gasteiger charge is -2.32. The summed E-state index contributed by atoms with van der Waals surface area (Å²) in [5.74, 6) is -0.481. The zero-order valence-electron chi connectivity index (χ0n) is 16.5. The average Bonchev–Trinajstić information content (AvgIpc) is 3.18. The van der Waals surface area contributed by atoms with Gasteiger partial charge in [-0.25, -0.2) is 21.9 Å². The maximum Gasteiger partial charge on any atom is 0.208 e. The first-order chi connectivity index (χ1) is 14.3. The van der Waals surface area contributed by atoms with E-state index in [0.29, 0.717) is 43.5 Å². The Labute approximate surface area is 174 Å². The van der Waals surface area contributed by atoms with Crippen LogP contribution < -0.4 is 4.72 Å². The molecular weight excluding hydrogens is 412 g/mol.